The number of benzene rings is 2. The summed E-state index contributed by atoms with van der Waals surface area (Å²) in [5.74, 6) is 0.832. The number of aromatic nitrogens is 2. The largest absolute Gasteiger partial charge is 0.487 e. The summed E-state index contributed by atoms with van der Waals surface area (Å²) >= 11 is 1.25. The van der Waals surface area contributed by atoms with Crippen molar-refractivity contribution in [3.8, 4) is 11.8 Å². The number of nitrogens with zero attached hydrogens (tertiary/aromatic N) is 3. The Bertz CT molecular complexity index is 986. The summed E-state index contributed by atoms with van der Waals surface area (Å²) in [6, 6.07) is 16.1. The molecule has 2 aromatic carbocycles. The van der Waals surface area contributed by atoms with Crippen molar-refractivity contribution in [1.29, 1.82) is 5.26 Å². The number of nitrogen functional groups attached to an aromatic ring is 1. The second-order valence-corrected chi connectivity index (χ2v) is 6.75. The SMILES string of the molecule is Cc1ccc(OCc2nc(SCc3ccccc3F)nc(N)c2C#N)cc1. The van der Waals surface area contributed by atoms with E-state index >= 15 is 0 Å². The number of hydrogen-bond acceptors (Lipinski definition) is 6. The van der Waals surface area contributed by atoms with Crippen LogP contribution in [0.5, 0.6) is 5.75 Å². The Labute approximate surface area is 161 Å². The molecule has 5 nitrogen and oxygen atoms in total. The lowest BCUT2D eigenvalue weighted by Crippen LogP contribution is -2.08. The minimum absolute atomic E-state index is 0.0889. The van der Waals surface area contributed by atoms with Gasteiger partial charge in [-0.05, 0) is 30.7 Å². The normalized spacial score (nSPS) is 10.4. The van der Waals surface area contributed by atoms with Gasteiger partial charge in [-0.3, -0.25) is 0 Å². The summed E-state index contributed by atoms with van der Waals surface area (Å²) in [5.41, 5.74) is 8.17. The Morgan fingerprint density at radius 3 is 2.59 bits per heavy atom. The van der Waals surface area contributed by atoms with Gasteiger partial charge in [0.05, 0.1) is 0 Å². The number of halogens is 1. The number of rotatable bonds is 6. The molecule has 0 amide bonds. The molecule has 136 valence electrons. The molecule has 2 N–H and O–H groups in total. The second kappa shape index (κ2) is 8.52. The van der Waals surface area contributed by atoms with Crippen LogP contribution in [0, 0.1) is 24.1 Å². The maximum atomic E-state index is 13.8. The van der Waals surface area contributed by atoms with Gasteiger partial charge in [0.2, 0.25) is 0 Å². The number of ether oxygens (including phenoxy) is 1. The first kappa shape index (κ1) is 18.7. The number of nitrogens with two attached hydrogens (primary N) is 1. The van der Waals surface area contributed by atoms with Crippen LogP contribution in [0.1, 0.15) is 22.4 Å². The summed E-state index contributed by atoms with van der Waals surface area (Å²) in [5, 5.41) is 9.72. The zero-order chi connectivity index (χ0) is 19.2. The molecule has 0 saturated heterocycles. The van der Waals surface area contributed by atoms with Crippen LogP contribution in [0.4, 0.5) is 10.2 Å². The number of anilines is 1. The number of nitriles is 1. The lowest BCUT2D eigenvalue weighted by atomic mass is 10.2. The van der Waals surface area contributed by atoms with Crippen LogP contribution in [0.25, 0.3) is 0 Å². The van der Waals surface area contributed by atoms with E-state index in [0.29, 0.717) is 27.9 Å². The quantitative estimate of drug-likeness (QED) is 0.508. The molecule has 0 bridgehead atoms. The number of thioether (sulfide) groups is 1. The van der Waals surface area contributed by atoms with Crippen molar-refractivity contribution >= 4 is 17.6 Å². The maximum absolute atomic E-state index is 13.8. The van der Waals surface area contributed by atoms with E-state index in [1.54, 1.807) is 18.2 Å². The monoisotopic (exact) mass is 380 g/mol. The van der Waals surface area contributed by atoms with Gasteiger partial charge in [0, 0.05) is 5.75 Å². The molecule has 0 saturated carbocycles. The lowest BCUT2D eigenvalue weighted by molar-refractivity contribution is 0.299. The molecule has 0 aliphatic carbocycles. The Morgan fingerprint density at radius 2 is 1.89 bits per heavy atom. The standard InChI is InChI=1S/C20H17FN4OS/c1-13-6-8-15(9-7-13)26-11-18-16(10-22)19(23)25-20(24-18)27-12-14-4-2-3-5-17(14)21/h2-9H,11-12H2,1H3,(H2,23,24,25). The van der Waals surface area contributed by atoms with Gasteiger partial charge in [-0.2, -0.15) is 5.26 Å². The molecule has 0 aliphatic rings. The van der Waals surface area contributed by atoms with Crippen LogP contribution in [0.15, 0.2) is 53.7 Å². The van der Waals surface area contributed by atoms with Gasteiger partial charge in [-0.15, -0.1) is 0 Å². The van der Waals surface area contributed by atoms with Crippen molar-refractivity contribution in [2.75, 3.05) is 5.73 Å². The van der Waals surface area contributed by atoms with Crippen LogP contribution in [0.3, 0.4) is 0 Å². The number of hydrogen-bond donors (Lipinski definition) is 1. The van der Waals surface area contributed by atoms with Crippen molar-refractivity contribution in [2.24, 2.45) is 0 Å². The maximum Gasteiger partial charge on any atom is 0.190 e. The molecule has 0 aliphatic heterocycles. The predicted octanol–water partition coefficient (Wildman–Crippen LogP) is 4.25. The lowest BCUT2D eigenvalue weighted by Gasteiger charge is -2.10. The molecule has 7 heteroatoms. The Balaban J connectivity index is 1.77. The Kier molecular flexibility index (Phi) is 5.89. The van der Waals surface area contributed by atoms with E-state index < -0.39 is 0 Å². The Hall–Kier alpha value is -3.11. The van der Waals surface area contributed by atoms with E-state index in [1.165, 1.54) is 17.8 Å². The van der Waals surface area contributed by atoms with Crippen LogP contribution in [0.2, 0.25) is 0 Å². The highest BCUT2D eigenvalue weighted by atomic mass is 32.2. The van der Waals surface area contributed by atoms with Crippen molar-refractivity contribution in [3.05, 3.63) is 76.7 Å². The fraction of sp³-hybridized carbons (Fsp3) is 0.150. The van der Waals surface area contributed by atoms with Gasteiger partial charge in [-0.25, -0.2) is 14.4 Å². The summed E-state index contributed by atoms with van der Waals surface area (Å²) in [4.78, 5) is 8.53. The summed E-state index contributed by atoms with van der Waals surface area (Å²) in [6.07, 6.45) is 0. The first-order chi connectivity index (χ1) is 13.1. The topological polar surface area (TPSA) is 84.8 Å². The molecule has 0 spiro atoms. The van der Waals surface area contributed by atoms with Crippen molar-refractivity contribution in [3.63, 3.8) is 0 Å². The molecule has 0 fully saturated rings. The molecule has 1 aromatic heterocycles. The second-order valence-electron chi connectivity index (χ2n) is 5.81. The summed E-state index contributed by atoms with van der Waals surface area (Å²) < 4.78 is 19.5. The first-order valence-corrected chi connectivity index (χ1v) is 9.17. The zero-order valence-corrected chi connectivity index (χ0v) is 15.5. The summed E-state index contributed by atoms with van der Waals surface area (Å²) in [7, 11) is 0. The van der Waals surface area contributed by atoms with Gasteiger partial charge >= 0.3 is 0 Å². The third kappa shape index (κ3) is 4.74. The van der Waals surface area contributed by atoms with E-state index in [-0.39, 0.29) is 23.8 Å². The third-order valence-corrected chi connectivity index (χ3v) is 4.71. The van der Waals surface area contributed by atoms with Gasteiger partial charge in [0.15, 0.2) is 5.16 Å². The van der Waals surface area contributed by atoms with Crippen molar-refractivity contribution < 1.29 is 9.13 Å². The molecular formula is C20H17FN4OS. The van der Waals surface area contributed by atoms with Gasteiger partial charge < -0.3 is 10.5 Å². The van der Waals surface area contributed by atoms with E-state index in [1.807, 2.05) is 37.3 Å². The molecule has 0 atom stereocenters. The highest BCUT2D eigenvalue weighted by molar-refractivity contribution is 7.98. The van der Waals surface area contributed by atoms with Gasteiger partial charge in [0.1, 0.15) is 41.3 Å². The van der Waals surface area contributed by atoms with E-state index in [9.17, 15) is 9.65 Å². The van der Waals surface area contributed by atoms with Crippen LogP contribution in [-0.4, -0.2) is 9.97 Å². The fourth-order valence-electron chi connectivity index (χ4n) is 2.34. The minimum atomic E-state index is -0.283. The average molecular weight is 380 g/mol. The fourth-order valence-corrected chi connectivity index (χ4v) is 3.19. The molecule has 27 heavy (non-hydrogen) atoms. The molecule has 0 unspecified atom stereocenters. The van der Waals surface area contributed by atoms with Gasteiger partial charge in [-0.1, -0.05) is 47.7 Å². The molecular weight excluding hydrogens is 363 g/mol. The van der Waals surface area contributed by atoms with Crippen LogP contribution >= 0.6 is 11.8 Å². The molecule has 0 radical (unpaired) electrons. The third-order valence-electron chi connectivity index (χ3n) is 3.81. The van der Waals surface area contributed by atoms with E-state index in [4.69, 9.17) is 10.5 Å². The summed E-state index contributed by atoms with van der Waals surface area (Å²) in [6.45, 7) is 2.08. The number of aryl methyl sites for hydroxylation is 1. The molecule has 3 rings (SSSR count). The van der Waals surface area contributed by atoms with Crippen molar-refractivity contribution in [2.45, 2.75) is 24.4 Å². The van der Waals surface area contributed by atoms with E-state index in [2.05, 4.69) is 9.97 Å². The smallest absolute Gasteiger partial charge is 0.190 e. The average Bonchev–Trinajstić information content (AvgIpc) is 2.67. The first-order valence-electron chi connectivity index (χ1n) is 8.19. The molecule has 3 aromatic rings. The van der Waals surface area contributed by atoms with Crippen molar-refractivity contribution in [1.82, 2.24) is 9.97 Å². The predicted molar refractivity (Wildman–Crippen MR) is 103 cm³/mol. The van der Waals surface area contributed by atoms with E-state index in [0.717, 1.165) is 5.56 Å². The zero-order valence-electron chi connectivity index (χ0n) is 14.6. The van der Waals surface area contributed by atoms with Crippen LogP contribution < -0.4 is 10.5 Å². The highest BCUT2D eigenvalue weighted by Crippen LogP contribution is 2.25. The Morgan fingerprint density at radius 1 is 1.15 bits per heavy atom. The highest BCUT2D eigenvalue weighted by Gasteiger charge is 2.14. The van der Waals surface area contributed by atoms with Gasteiger partial charge in [0.25, 0.3) is 0 Å². The molecule has 1 heterocycles. The van der Waals surface area contributed by atoms with Crippen LogP contribution in [-0.2, 0) is 12.4 Å². The minimum Gasteiger partial charge on any atom is -0.487 e.